The van der Waals surface area contributed by atoms with Gasteiger partial charge in [0.15, 0.2) is 0 Å². The first-order valence-electron chi connectivity index (χ1n) is 6.71. The van der Waals surface area contributed by atoms with E-state index in [9.17, 15) is 10.2 Å². The monoisotopic (exact) mass is 272 g/mol. The van der Waals surface area contributed by atoms with Crippen LogP contribution in [0, 0.1) is 0 Å². The molecule has 0 aromatic heterocycles. The average molecular weight is 272 g/mol. The molecule has 0 unspecified atom stereocenters. The topological polar surface area (TPSA) is 64.5 Å². The van der Waals surface area contributed by atoms with E-state index < -0.39 is 0 Å². The number of phenols is 2. The molecule has 0 saturated heterocycles. The van der Waals surface area contributed by atoms with Crippen LogP contribution in [0.25, 0.3) is 0 Å². The fourth-order valence-electron chi connectivity index (χ4n) is 1.87. The molecule has 0 saturated carbocycles. The van der Waals surface area contributed by atoms with E-state index in [1.54, 1.807) is 24.3 Å². The second-order valence-electron chi connectivity index (χ2n) is 4.69. The molecule has 4 N–H and O–H groups in total. The van der Waals surface area contributed by atoms with Crippen molar-refractivity contribution in [2.24, 2.45) is 0 Å². The predicted molar refractivity (Wildman–Crippen MR) is 79.6 cm³/mol. The minimum absolute atomic E-state index is 0.296. The predicted octanol–water partition coefficient (Wildman–Crippen LogP) is 1.98. The summed E-state index contributed by atoms with van der Waals surface area (Å²) in [6.07, 6.45) is 0. The van der Waals surface area contributed by atoms with Crippen LogP contribution in [0.2, 0.25) is 0 Å². The fraction of sp³-hybridized carbons (Fsp3) is 0.250. The van der Waals surface area contributed by atoms with Crippen molar-refractivity contribution in [1.82, 2.24) is 10.6 Å². The zero-order chi connectivity index (χ0) is 14.2. The number of aromatic hydroxyl groups is 2. The lowest BCUT2D eigenvalue weighted by atomic mass is 10.2. The van der Waals surface area contributed by atoms with Crippen molar-refractivity contribution in [3.8, 4) is 11.5 Å². The SMILES string of the molecule is Oc1ccc(CNCCNCc2ccc(O)cc2)cc1. The van der Waals surface area contributed by atoms with Gasteiger partial charge >= 0.3 is 0 Å². The van der Waals surface area contributed by atoms with Crippen LogP contribution in [-0.4, -0.2) is 23.3 Å². The second-order valence-corrected chi connectivity index (χ2v) is 4.69. The van der Waals surface area contributed by atoms with Gasteiger partial charge in [0, 0.05) is 26.2 Å². The molecule has 2 rings (SSSR count). The highest BCUT2D eigenvalue weighted by molar-refractivity contribution is 5.26. The third-order valence-corrected chi connectivity index (χ3v) is 3.01. The van der Waals surface area contributed by atoms with E-state index >= 15 is 0 Å². The van der Waals surface area contributed by atoms with Crippen molar-refractivity contribution >= 4 is 0 Å². The summed E-state index contributed by atoms with van der Waals surface area (Å²) >= 11 is 0. The van der Waals surface area contributed by atoms with Crippen molar-refractivity contribution in [1.29, 1.82) is 0 Å². The van der Waals surface area contributed by atoms with Crippen molar-refractivity contribution < 1.29 is 10.2 Å². The zero-order valence-electron chi connectivity index (χ0n) is 11.3. The molecule has 20 heavy (non-hydrogen) atoms. The van der Waals surface area contributed by atoms with Gasteiger partial charge in [-0.25, -0.2) is 0 Å². The highest BCUT2D eigenvalue weighted by atomic mass is 16.3. The second kappa shape index (κ2) is 7.53. The standard InChI is InChI=1S/C16H20N2O2/c19-15-5-1-13(2-6-15)11-17-9-10-18-12-14-3-7-16(20)8-4-14/h1-8,17-20H,9-12H2. The molecule has 0 aliphatic heterocycles. The summed E-state index contributed by atoms with van der Waals surface area (Å²) in [5.41, 5.74) is 2.31. The lowest BCUT2D eigenvalue weighted by Gasteiger charge is -2.07. The van der Waals surface area contributed by atoms with Crippen LogP contribution >= 0.6 is 0 Å². The summed E-state index contributed by atoms with van der Waals surface area (Å²) in [5, 5.41) is 25.0. The molecule has 2 aromatic carbocycles. The third-order valence-electron chi connectivity index (χ3n) is 3.01. The number of benzene rings is 2. The molecule has 4 nitrogen and oxygen atoms in total. The Kier molecular flexibility index (Phi) is 5.41. The van der Waals surface area contributed by atoms with Crippen LogP contribution in [-0.2, 0) is 13.1 Å². The van der Waals surface area contributed by atoms with Gasteiger partial charge in [-0.2, -0.15) is 0 Å². The minimum Gasteiger partial charge on any atom is -0.508 e. The Morgan fingerprint density at radius 2 is 0.950 bits per heavy atom. The van der Waals surface area contributed by atoms with Gasteiger partial charge in [0.25, 0.3) is 0 Å². The molecule has 2 aromatic rings. The minimum atomic E-state index is 0.296. The first-order chi connectivity index (χ1) is 9.74. The van der Waals surface area contributed by atoms with E-state index in [0.29, 0.717) is 11.5 Å². The third kappa shape index (κ3) is 4.91. The molecular formula is C16H20N2O2. The van der Waals surface area contributed by atoms with Gasteiger partial charge in [0.05, 0.1) is 0 Å². The maximum Gasteiger partial charge on any atom is 0.115 e. The van der Waals surface area contributed by atoms with Gasteiger partial charge in [-0.1, -0.05) is 24.3 Å². The van der Waals surface area contributed by atoms with Crippen LogP contribution in [0.15, 0.2) is 48.5 Å². The lowest BCUT2D eigenvalue weighted by molar-refractivity contribution is 0.474. The molecule has 0 heterocycles. The number of rotatable bonds is 7. The van der Waals surface area contributed by atoms with E-state index in [4.69, 9.17) is 0 Å². The summed E-state index contributed by atoms with van der Waals surface area (Å²) in [6, 6.07) is 14.4. The summed E-state index contributed by atoms with van der Waals surface area (Å²) in [5.74, 6) is 0.591. The molecule has 4 heteroatoms. The van der Waals surface area contributed by atoms with Crippen LogP contribution in [0.3, 0.4) is 0 Å². The van der Waals surface area contributed by atoms with Gasteiger partial charge in [0.2, 0.25) is 0 Å². The molecule has 0 aliphatic rings. The Labute approximate surface area is 119 Å². The summed E-state index contributed by atoms with van der Waals surface area (Å²) in [6.45, 7) is 3.33. The van der Waals surface area contributed by atoms with E-state index in [-0.39, 0.29) is 0 Å². The van der Waals surface area contributed by atoms with E-state index in [1.165, 1.54) is 0 Å². The van der Waals surface area contributed by atoms with Crippen molar-refractivity contribution in [3.63, 3.8) is 0 Å². The smallest absolute Gasteiger partial charge is 0.115 e. The Morgan fingerprint density at radius 3 is 1.30 bits per heavy atom. The summed E-state index contributed by atoms with van der Waals surface area (Å²) in [7, 11) is 0. The largest absolute Gasteiger partial charge is 0.508 e. The lowest BCUT2D eigenvalue weighted by Crippen LogP contribution is -2.26. The summed E-state index contributed by atoms with van der Waals surface area (Å²) in [4.78, 5) is 0. The van der Waals surface area contributed by atoms with Gasteiger partial charge in [-0.3, -0.25) is 0 Å². The van der Waals surface area contributed by atoms with E-state index in [1.807, 2.05) is 24.3 Å². The molecule has 0 fully saturated rings. The Hall–Kier alpha value is -2.04. The van der Waals surface area contributed by atoms with Crippen molar-refractivity contribution in [3.05, 3.63) is 59.7 Å². The molecule has 0 radical (unpaired) electrons. The van der Waals surface area contributed by atoms with Crippen LogP contribution in [0.1, 0.15) is 11.1 Å². The number of hydrogen-bond acceptors (Lipinski definition) is 4. The normalized spacial score (nSPS) is 10.6. The first kappa shape index (κ1) is 14.4. The highest BCUT2D eigenvalue weighted by Gasteiger charge is 1.95. The van der Waals surface area contributed by atoms with Crippen LogP contribution in [0.4, 0.5) is 0 Å². The first-order valence-corrected chi connectivity index (χ1v) is 6.71. The maximum absolute atomic E-state index is 9.18. The van der Waals surface area contributed by atoms with Crippen molar-refractivity contribution in [2.45, 2.75) is 13.1 Å². The maximum atomic E-state index is 9.18. The Morgan fingerprint density at radius 1 is 0.600 bits per heavy atom. The van der Waals surface area contributed by atoms with Crippen LogP contribution < -0.4 is 10.6 Å². The molecule has 0 aliphatic carbocycles. The van der Waals surface area contributed by atoms with Crippen LogP contribution in [0.5, 0.6) is 11.5 Å². The van der Waals surface area contributed by atoms with E-state index in [2.05, 4.69) is 10.6 Å². The van der Waals surface area contributed by atoms with Gasteiger partial charge in [-0.05, 0) is 35.4 Å². The number of phenolic OH excluding ortho intramolecular Hbond substituents is 2. The number of nitrogens with one attached hydrogen (secondary N) is 2. The molecular weight excluding hydrogens is 252 g/mol. The Balaban J connectivity index is 1.57. The average Bonchev–Trinajstić information content (AvgIpc) is 2.46. The molecule has 0 amide bonds. The molecule has 106 valence electrons. The summed E-state index contributed by atoms with van der Waals surface area (Å²) < 4.78 is 0. The Bertz CT molecular complexity index is 460. The quantitative estimate of drug-likeness (QED) is 0.582. The molecule has 0 bridgehead atoms. The van der Waals surface area contributed by atoms with E-state index in [0.717, 1.165) is 37.3 Å². The highest BCUT2D eigenvalue weighted by Crippen LogP contribution is 2.09. The van der Waals surface area contributed by atoms with Gasteiger partial charge in [0.1, 0.15) is 11.5 Å². The van der Waals surface area contributed by atoms with Gasteiger partial charge in [-0.15, -0.1) is 0 Å². The van der Waals surface area contributed by atoms with Crippen molar-refractivity contribution in [2.75, 3.05) is 13.1 Å². The zero-order valence-corrected chi connectivity index (χ0v) is 11.3. The van der Waals surface area contributed by atoms with Gasteiger partial charge < -0.3 is 20.8 Å². The molecule has 0 atom stereocenters. The molecule has 0 spiro atoms. The number of hydrogen-bond donors (Lipinski definition) is 4. The fourth-order valence-corrected chi connectivity index (χ4v) is 1.87.